The molecule has 11 heteroatoms. The number of piperidine rings is 2. The van der Waals surface area contributed by atoms with E-state index in [2.05, 4.69) is 33.5 Å². The fourth-order valence-corrected chi connectivity index (χ4v) is 10.8. The van der Waals surface area contributed by atoms with Crippen molar-refractivity contribution in [3.63, 3.8) is 0 Å². The van der Waals surface area contributed by atoms with Crippen LogP contribution in [0.2, 0.25) is 0 Å². The second kappa shape index (κ2) is 21.6. The topological polar surface area (TPSA) is 95.4 Å². The molecule has 2 aliphatic heterocycles. The van der Waals surface area contributed by atoms with Crippen LogP contribution in [0.25, 0.3) is 0 Å². The van der Waals surface area contributed by atoms with Gasteiger partial charge in [-0.25, -0.2) is 17.6 Å². The third kappa shape index (κ3) is 11.5. The monoisotopic (exact) mass is 910 g/mol. The Kier molecular flexibility index (Phi) is 15.3. The van der Waals surface area contributed by atoms with E-state index in [9.17, 15) is 27.2 Å². The number of halogens is 4. The second-order valence-electron chi connectivity index (χ2n) is 18.5. The molecule has 4 aromatic carbocycles. The van der Waals surface area contributed by atoms with Gasteiger partial charge in [-0.1, -0.05) is 60.7 Å². The number of carboxylic acid groups (broad SMARTS) is 1. The molecule has 348 valence electrons. The molecule has 10 rings (SSSR count). The van der Waals surface area contributed by atoms with Crippen molar-refractivity contribution in [2.75, 3.05) is 26.2 Å². The minimum absolute atomic E-state index is 0.000576. The Hall–Kier alpha value is -6.20. The van der Waals surface area contributed by atoms with Gasteiger partial charge in [0.25, 0.3) is 0 Å². The van der Waals surface area contributed by atoms with E-state index in [4.69, 9.17) is 5.11 Å². The standard InChI is InChI=1S/C28H28F2N2O.C16H14F2O2.C12H16N2/c29-23-7-3-20(4-8-23)25(21-5-9-24(30)10-6-21)11-12-26(33)32-18-15-28(16-19-32)14-13-22-2-1-17-31-27(22)28;17-13-5-1-11(2-6-13)15(9-10-16(19)20)12-3-7-14(18)8-4-12;1-2-10-3-4-12(11(10)14-7-1)5-8-13-9-6-12/h1-10,17,25H,11-16,18-19H2;1-8,15H,9-10H2,(H,19,20);1-2,7,13H,3-6,8-9H2. The van der Waals surface area contributed by atoms with Crippen molar-refractivity contribution in [1.29, 1.82) is 0 Å². The first kappa shape index (κ1) is 47.3. The Bertz CT molecular complexity index is 2480. The molecule has 2 spiro atoms. The van der Waals surface area contributed by atoms with Crippen molar-refractivity contribution in [3.05, 3.63) is 202 Å². The van der Waals surface area contributed by atoms with Crippen molar-refractivity contribution in [3.8, 4) is 0 Å². The highest BCUT2D eigenvalue weighted by molar-refractivity contribution is 5.76. The van der Waals surface area contributed by atoms with Crippen molar-refractivity contribution in [2.45, 2.75) is 99.7 Å². The van der Waals surface area contributed by atoms with E-state index in [1.807, 2.05) is 23.4 Å². The lowest BCUT2D eigenvalue weighted by Gasteiger charge is -2.39. The fourth-order valence-electron chi connectivity index (χ4n) is 10.8. The highest BCUT2D eigenvalue weighted by Gasteiger charge is 2.43. The van der Waals surface area contributed by atoms with E-state index in [-0.39, 0.29) is 52.8 Å². The molecule has 0 unspecified atom stereocenters. The molecular weight excluding hydrogens is 853 g/mol. The summed E-state index contributed by atoms with van der Waals surface area (Å²) in [7, 11) is 0. The average molecular weight is 911 g/mol. The first-order chi connectivity index (χ1) is 32.5. The van der Waals surface area contributed by atoms with E-state index in [1.165, 1.54) is 96.7 Å². The molecular formula is C56H58F4N4O3. The highest BCUT2D eigenvalue weighted by atomic mass is 19.1. The maximum Gasteiger partial charge on any atom is 0.303 e. The summed E-state index contributed by atoms with van der Waals surface area (Å²) < 4.78 is 52.9. The molecule has 2 fully saturated rings. The predicted octanol–water partition coefficient (Wildman–Crippen LogP) is 11.4. The number of pyridine rings is 2. The lowest BCUT2D eigenvalue weighted by atomic mass is 9.76. The number of carbonyl (C=O) groups excluding carboxylic acids is 1. The molecule has 0 radical (unpaired) electrons. The number of aliphatic carboxylic acids is 1. The molecule has 2 N–H and O–H groups in total. The quantitative estimate of drug-likeness (QED) is 0.133. The van der Waals surface area contributed by atoms with Gasteiger partial charge in [0.2, 0.25) is 5.91 Å². The molecule has 0 atom stereocenters. The number of carbonyl (C=O) groups is 2. The Balaban J connectivity index is 0.000000151. The summed E-state index contributed by atoms with van der Waals surface area (Å²) in [6.45, 7) is 3.84. The Labute approximate surface area is 390 Å². The van der Waals surface area contributed by atoms with Gasteiger partial charge in [0.15, 0.2) is 0 Å². The number of aromatic nitrogens is 2. The Morgan fingerprint density at radius 2 is 0.910 bits per heavy atom. The summed E-state index contributed by atoms with van der Waals surface area (Å²) in [5, 5.41) is 12.3. The number of nitrogens with one attached hydrogen (secondary N) is 1. The van der Waals surface area contributed by atoms with Crippen LogP contribution >= 0.6 is 0 Å². The van der Waals surface area contributed by atoms with Gasteiger partial charge in [0.1, 0.15) is 23.3 Å². The molecule has 1 amide bonds. The number of aryl methyl sites for hydroxylation is 2. The lowest BCUT2D eigenvalue weighted by Crippen LogP contribution is -2.44. The van der Waals surface area contributed by atoms with Crippen LogP contribution in [0, 0.1) is 23.3 Å². The number of benzene rings is 4. The highest BCUT2D eigenvalue weighted by Crippen LogP contribution is 2.46. The smallest absolute Gasteiger partial charge is 0.303 e. The Morgan fingerprint density at radius 1 is 0.537 bits per heavy atom. The third-order valence-corrected chi connectivity index (χ3v) is 14.6. The Morgan fingerprint density at radius 3 is 1.30 bits per heavy atom. The van der Waals surface area contributed by atoms with Crippen molar-refractivity contribution < 1.29 is 32.3 Å². The molecule has 2 aliphatic carbocycles. The molecule has 4 heterocycles. The molecule has 2 aromatic heterocycles. The summed E-state index contributed by atoms with van der Waals surface area (Å²) in [6, 6.07) is 33.1. The van der Waals surface area contributed by atoms with E-state index in [0.717, 1.165) is 74.1 Å². The molecule has 67 heavy (non-hydrogen) atoms. The van der Waals surface area contributed by atoms with Crippen molar-refractivity contribution in [1.82, 2.24) is 20.2 Å². The van der Waals surface area contributed by atoms with Gasteiger partial charge in [-0.05, 0) is 171 Å². The van der Waals surface area contributed by atoms with Crippen LogP contribution in [0.15, 0.2) is 134 Å². The number of amides is 1. The van der Waals surface area contributed by atoms with Gasteiger partial charge in [0, 0.05) is 72.4 Å². The summed E-state index contributed by atoms with van der Waals surface area (Å²) in [4.78, 5) is 35.1. The molecule has 0 bridgehead atoms. The number of fused-ring (bicyclic) bond motifs is 4. The van der Waals surface area contributed by atoms with Crippen LogP contribution in [0.4, 0.5) is 17.6 Å². The predicted molar refractivity (Wildman–Crippen MR) is 252 cm³/mol. The summed E-state index contributed by atoms with van der Waals surface area (Å²) in [6.07, 6.45) is 14.5. The maximum atomic E-state index is 13.5. The van der Waals surface area contributed by atoms with Gasteiger partial charge in [-0.3, -0.25) is 19.6 Å². The van der Waals surface area contributed by atoms with Crippen molar-refractivity contribution in [2.24, 2.45) is 0 Å². The largest absolute Gasteiger partial charge is 0.481 e. The zero-order chi connectivity index (χ0) is 46.8. The number of hydrogen-bond donors (Lipinski definition) is 2. The minimum Gasteiger partial charge on any atom is -0.481 e. The average Bonchev–Trinajstić information content (AvgIpc) is 3.89. The zero-order valence-corrected chi connectivity index (χ0v) is 37.8. The fraction of sp³-hybridized carbons (Fsp3) is 0.357. The maximum absolute atomic E-state index is 13.5. The molecule has 7 nitrogen and oxygen atoms in total. The van der Waals surface area contributed by atoms with Crippen molar-refractivity contribution >= 4 is 11.9 Å². The summed E-state index contributed by atoms with van der Waals surface area (Å²) in [5.41, 5.74) is 9.56. The molecule has 2 saturated heterocycles. The van der Waals surface area contributed by atoms with E-state index >= 15 is 0 Å². The zero-order valence-electron chi connectivity index (χ0n) is 37.8. The lowest BCUT2D eigenvalue weighted by molar-refractivity contribution is -0.137. The van der Waals surface area contributed by atoms with Gasteiger partial charge in [0.05, 0.1) is 0 Å². The summed E-state index contributed by atoms with van der Waals surface area (Å²) >= 11 is 0. The molecule has 0 saturated carbocycles. The SMILES string of the molecule is O=C(CCC(c1ccc(F)cc1)c1ccc(F)cc1)N1CCC2(CCc3cccnc32)CC1.O=C(O)CCC(c1ccc(F)cc1)c1ccc(F)cc1.c1cnc2c(c1)CCC21CCNCC1. The van der Waals surface area contributed by atoms with Crippen LogP contribution in [0.3, 0.4) is 0 Å². The molecule has 4 aliphatic rings. The number of carboxylic acids is 1. The third-order valence-electron chi connectivity index (χ3n) is 14.6. The molecule has 6 aromatic rings. The van der Waals surface area contributed by atoms with Gasteiger partial charge in [-0.2, -0.15) is 0 Å². The number of nitrogens with zero attached hydrogens (tertiary/aromatic N) is 3. The van der Waals surface area contributed by atoms with E-state index in [0.29, 0.717) is 24.7 Å². The van der Waals surface area contributed by atoms with E-state index in [1.54, 1.807) is 48.5 Å². The first-order valence-electron chi connectivity index (χ1n) is 23.6. The van der Waals surface area contributed by atoms with Crippen LogP contribution in [-0.2, 0) is 33.3 Å². The van der Waals surface area contributed by atoms with Crippen LogP contribution in [0.1, 0.15) is 121 Å². The van der Waals surface area contributed by atoms with Crippen LogP contribution in [0.5, 0.6) is 0 Å². The number of hydrogen-bond acceptors (Lipinski definition) is 5. The first-order valence-corrected chi connectivity index (χ1v) is 23.6. The van der Waals surface area contributed by atoms with E-state index < -0.39 is 5.97 Å². The van der Waals surface area contributed by atoms with Gasteiger partial charge < -0.3 is 15.3 Å². The number of likely N-dealkylation sites (tertiary alicyclic amines) is 1. The normalized spacial score (nSPS) is 16.5. The van der Waals surface area contributed by atoms with Crippen LogP contribution in [-0.4, -0.2) is 58.0 Å². The number of rotatable bonds is 10. The van der Waals surface area contributed by atoms with Crippen LogP contribution < -0.4 is 5.32 Å². The minimum atomic E-state index is -0.890. The second-order valence-corrected chi connectivity index (χ2v) is 18.5. The van der Waals surface area contributed by atoms with Gasteiger partial charge >= 0.3 is 5.97 Å². The van der Waals surface area contributed by atoms with Gasteiger partial charge in [-0.15, -0.1) is 0 Å². The summed E-state index contributed by atoms with van der Waals surface area (Å²) in [5.74, 6) is -2.28.